The Hall–Kier alpha value is -3.35. The second-order valence-corrected chi connectivity index (χ2v) is 5.68. The number of anilines is 2. The van der Waals surface area contributed by atoms with Gasteiger partial charge in [0.1, 0.15) is 11.6 Å². The predicted octanol–water partition coefficient (Wildman–Crippen LogP) is 2.43. The van der Waals surface area contributed by atoms with Gasteiger partial charge in [0.05, 0.1) is 23.7 Å². The minimum absolute atomic E-state index is 0.116. The van der Waals surface area contributed by atoms with Crippen molar-refractivity contribution in [1.82, 2.24) is 0 Å². The summed E-state index contributed by atoms with van der Waals surface area (Å²) in [5.74, 6) is 0.380. The molecule has 1 atom stereocenters. The molecule has 2 heterocycles. The number of amides is 3. The van der Waals surface area contributed by atoms with E-state index in [1.54, 1.807) is 42.5 Å². The number of carbonyl (C=O) groups is 2. The minimum Gasteiger partial charge on any atom is -0.494 e. The normalized spacial score (nSPS) is 18.8. The maximum absolute atomic E-state index is 13.0. The number of benzene rings is 2. The van der Waals surface area contributed by atoms with Crippen LogP contribution < -0.4 is 20.3 Å². The molecule has 1 fully saturated rings. The number of carbonyl (C=O) groups excluding carboxylic acids is 2. The van der Waals surface area contributed by atoms with Gasteiger partial charge in [0.15, 0.2) is 6.04 Å². The van der Waals surface area contributed by atoms with E-state index >= 15 is 0 Å². The van der Waals surface area contributed by atoms with Gasteiger partial charge < -0.3 is 10.5 Å². The van der Waals surface area contributed by atoms with Gasteiger partial charge in [-0.3, -0.25) is 9.69 Å². The molecule has 25 heavy (non-hydrogen) atoms. The third kappa shape index (κ3) is 2.24. The molecule has 0 saturated carbocycles. The van der Waals surface area contributed by atoms with E-state index in [-0.39, 0.29) is 5.84 Å². The Balaban J connectivity index is 1.75. The molecule has 7 nitrogen and oxygen atoms in total. The number of amidine groups is 1. The zero-order valence-corrected chi connectivity index (χ0v) is 13.5. The summed E-state index contributed by atoms with van der Waals surface area (Å²) in [4.78, 5) is 32.6. The number of nitrogens with zero attached hydrogens (tertiary/aromatic N) is 3. The number of ether oxygens (including phenoxy) is 1. The van der Waals surface area contributed by atoms with Crippen molar-refractivity contribution in [3.63, 3.8) is 0 Å². The van der Waals surface area contributed by atoms with E-state index in [2.05, 4.69) is 4.99 Å². The van der Waals surface area contributed by atoms with Crippen LogP contribution in [0.15, 0.2) is 53.5 Å². The number of imide groups is 1. The van der Waals surface area contributed by atoms with E-state index in [0.29, 0.717) is 29.4 Å². The van der Waals surface area contributed by atoms with Gasteiger partial charge >= 0.3 is 6.03 Å². The van der Waals surface area contributed by atoms with Crippen LogP contribution in [0, 0.1) is 0 Å². The Morgan fingerprint density at radius 2 is 1.84 bits per heavy atom. The number of rotatable bonds is 3. The van der Waals surface area contributed by atoms with Crippen LogP contribution >= 0.6 is 0 Å². The molecule has 0 aromatic heterocycles. The van der Waals surface area contributed by atoms with Gasteiger partial charge in [0.2, 0.25) is 0 Å². The lowest BCUT2D eigenvalue weighted by atomic mass is 10.1. The van der Waals surface area contributed by atoms with Gasteiger partial charge in [-0.05, 0) is 43.3 Å². The molecule has 0 aliphatic carbocycles. The molecular formula is C18H16N4O3. The summed E-state index contributed by atoms with van der Waals surface area (Å²) >= 11 is 0. The Morgan fingerprint density at radius 3 is 2.56 bits per heavy atom. The molecule has 2 aromatic carbocycles. The highest BCUT2D eigenvalue weighted by Gasteiger charge is 2.50. The molecule has 7 heteroatoms. The van der Waals surface area contributed by atoms with Crippen molar-refractivity contribution >= 4 is 34.8 Å². The van der Waals surface area contributed by atoms with Crippen molar-refractivity contribution in [2.45, 2.75) is 13.0 Å². The molecular weight excluding hydrogens is 320 g/mol. The molecule has 2 aromatic rings. The zero-order valence-electron chi connectivity index (χ0n) is 13.5. The van der Waals surface area contributed by atoms with Crippen LogP contribution in [-0.4, -0.2) is 30.4 Å². The topological polar surface area (TPSA) is 88.2 Å². The summed E-state index contributed by atoms with van der Waals surface area (Å²) in [5, 5.41) is 0. The van der Waals surface area contributed by atoms with Crippen LogP contribution in [0.25, 0.3) is 0 Å². The van der Waals surface area contributed by atoms with E-state index in [0.717, 1.165) is 4.90 Å². The van der Waals surface area contributed by atoms with Crippen LogP contribution in [0.3, 0.4) is 0 Å². The maximum Gasteiger partial charge on any atom is 0.337 e. The zero-order chi connectivity index (χ0) is 17.6. The van der Waals surface area contributed by atoms with Gasteiger partial charge in [-0.1, -0.05) is 12.1 Å². The van der Waals surface area contributed by atoms with Crippen molar-refractivity contribution in [3.8, 4) is 5.75 Å². The second kappa shape index (κ2) is 5.62. The fraction of sp³-hybridized carbons (Fsp3) is 0.167. The van der Waals surface area contributed by atoms with E-state index in [4.69, 9.17) is 10.5 Å². The van der Waals surface area contributed by atoms with Crippen LogP contribution in [-0.2, 0) is 4.79 Å². The standard InChI is InChI=1S/C18H16N4O3/c1-2-25-12-9-7-11(8-10-12)21-17(23)15-16(19)20-13-5-3-4-6-14(13)22(15)18(21)24/h3-10,15H,2H2,1H3,(H2,19,20). The smallest absolute Gasteiger partial charge is 0.337 e. The Kier molecular flexibility index (Phi) is 3.42. The Morgan fingerprint density at radius 1 is 1.12 bits per heavy atom. The number of para-hydroxylation sites is 2. The highest BCUT2D eigenvalue weighted by atomic mass is 16.5. The van der Waals surface area contributed by atoms with Crippen molar-refractivity contribution in [1.29, 1.82) is 0 Å². The van der Waals surface area contributed by atoms with E-state index in [9.17, 15) is 9.59 Å². The van der Waals surface area contributed by atoms with Crippen LogP contribution in [0.2, 0.25) is 0 Å². The number of aliphatic imine (C=N–C) groups is 1. The molecule has 1 unspecified atom stereocenters. The van der Waals surface area contributed by atoms with Crippen molar-refractivity contribution < 1.29 is 14.3 Å². The van der Waals surface area contributed by atoms with E-state index < -0.39 is 18.0 Å². The van der Waals surface area contributed by atoms with Gasteiger partial charge in [-0.15, -0.1) is 0 Å². The number of hydrogen-bond acceptors (Lipinski definition) is 5. The van der Waals surface area contributed by atoms with Crippen LogP contribution in [0.4, 0.5) is 21.9 Å². The van der Waals surface area contributed by atoms with Crippen molar-refractivity contribution in [3.05, 3.63) is 48.5 Å². The maximum atomic E-state index is 13.0. The molecule has 2 aliphatic heterocycles. The number of hydrogen-bond donors (Lipinski definition) is 1. The lowest BCUT2D eigenvalue weighted by molar-refractivity contribution is -0.116. The third-order valence-corrected chi connectivity index (χ3v) is 4.19. The highest BCUT2D eigenvalue weighted by molar-refractivity contribution is 6.36. The summed E-state index contributed by atoms with van der Waals surface area (Å²) < 4.78 is 5.40. The van der Waals surface area contributed by atoms with E-state index in [1.165, 1.54) is 4.90 Å². The summed E-state index contributed by atoms with van der Waals surface area (Å²) in [6.07, 6.45) is 0. The Bertz CT molecular complexity index is 891. The molecule has 0 bridgehead atoms. The average molecular weight is 336 g/mol. The number of nitrogens with two attached hydrogens (primary N) is 1. The number of urea groups is 1. The van der Waals surface area contributed by atoms with Crippen molar-refractivity contribution in [2.24, 2.45) is 10.7 Å². The fourth-order valence-electron chi connectivity index (χ4n) is 3.10. The Labute approximate surface area is 144 Å². The molecule has 0 radical (unpaired) electrons. The lowest BCUT2D eigenvalue weighted by Crippen LogP contribution is -2.47. The first kappa shape index (κ1) is 15.2. The first-order valence-corrected chi connectivity index (χ1v) is 7.95. The third-order valence-electron chi connectivity index (χ3n) is 4.19. The van der Waals surface area contributed by atoms with Gasteiger partial charge in [0.25, 0.3) is 5.91 Å². The molecule has 2 N–H and O–H groups in total. The van der Waals surface area contributed by atoms with Gasteiger partial charge in [-0.25, -0.2) is 14.7 Å². The number of fused-ring (bicyclic) bond motifs is 3. The SMILES string of the molecule is CCOc1ccc(N2C(=O)C3C(N)=Nc4ccccc4N3C2=O)cc1. The minimum atomic E-state index is -0.908. The summed E-state index contributed by atoms with van der Waals surface area (Å²) in [7, 11) is 0. The van der Waals surface area contributed by atoms with Gasteiger partial charge in [0, 0.05) is 0 Å². The summed E-state index contributed by atoms with van der Waals surface area (Å²) in [6.45, 7) is 2.43. The molecule has 1 saturated heterocycles. The molecule has 4 rings (SSSR count). The highest BCUT2D eigenvalue weighted by Crippen LogP contribution is 2.39. The molecule has 2 aliphatic rings. The molecule has 3 amide bonds. The summed E-state index contributed by atoms with van der Waals surface area (Å²) in [6, 6.07) is 12.6. The predicted molar refractivity (Wildman–Crippen MR) is 94.5 cm³/mol. The monoisotopic (exact) mass is 336 g/mol. The van der Waals surface area contributed by atoms with Crippen molar-refractivity contribution in [2.75, 3.05) is 16.4 Å². The summed E-state index contributed by atoms with van der Waals surface area (Å²) in [5.41, 5.74) is 7.60. The quantitative estimate of drug-likeness (QED) is 0.872. The van der Waals surface area contributed by atoms with Crippen LogP contribution in [0.5, 0.6) is 5.75 Å². The van der Waals surface area contributed by atoms with E-state index in [1.807, 2.05) is 13.0 Å². The van der Waals surface area contributed by atoms with Crippen LogP contribution in [0.1, 0.15) is 6.92 Å². The fourth-order valence-corrected chi connectivity index (χ4v) is 3.10. The molecule has 0 spiro atoms. The van der Waals surface area contributed by atoms with Gasteiger partial charge in [-0.2, -0.15) is 0 Å². The average Bonchev–Trinajstić information content (AvgIpc) is 2.88. The largest absolute Gasteiger partial charge is 0.494 e. The second-order valence-electron chi connectivity index (χ2n) is 5.68. The first-order valence-electron chi connectivity index (χ1n) is 7.95. The molecule has 126 valence electrons. The first-order chi connectivity index (χ1) is 12.1. The lowest BCUT2D eigenvalue weighted by Gasteiger charge is -2.26.